The number of unbranched alkanes of at least 4 members (excludes halogenated alkanes) is 1. The van der Waals surface area contributed by atoms with E-state index >= 15 is 0 Å². The number of hydrogen-bond acceptors (Lipinski definition) is 6. The third-order valence-corrected chi connectivity index (χ3v) is 5.63. The van der Waals surface area contributed by atoms with E-state index in [1.807, 2.05) is 6.92 Å². The highest BCUT2D eigenvalue weighted by Crippen LogP contribution is 2.42. The van der Waals surface area contributed by atoms with Gasteiger partial charge in [-0.25, -0.2) is 0 Å². The number of carbonyl (C=O) groups is 2. The van der Waals surface area contributed by atoms with E-state index < -0.39 is 17.7 Å². The highest BCUT2D eigenvalue weighted by atomic mass is 35.5. The number of rotatable bonds is 8. The molecule has 0 radical (unpaired) electrons. The largest absolute Gasteiger partial charge is 0.507 e. The Hall–Kier alpha value is -3.19. The van der Waals surface area contributed by atoms with Crippen molar-refractivity contribution in [3.05, 3.63) is 58.1 Å². The summed E-state index contributed by atoms with van der Waals surface area (Å²) >= 11 is 6.15. The average molecular weight is 460 g/mol. The standard InChI is InChI=1S/C24H26ClNO6/c1-4-6-11-26-21(14-8-10-18(31-3)17(27)12-14)20(23(29)24(26)30)22(28)15-7-9-16(25)19(13-15)32-5-2/h7-10,12-13,21,27-28H,4-6,11H2,1-3H3/b22-20-. The maximum atomic E-state index is 13.0. The minimum atomic E-state index is -0.857. The van der Waals surface area contributed by atoms with Crippen LogP contribution in [0.25, 0.3) is 5.76 Å². The predicted octanol–water partition coefficient (Wildman–Crippen LogP) is 4.67. The summed E-state index contributed by atoms with van der Waals surface area (Å²) in [5.41, 5.74) is 0.730. The van der Waals surface area contributed by atoms with Gasteiger partial charge in [-0.1, -0.05) is 31.0 Å². The smallest absolute Gasteiger partial charge is 0.295 e. The molecule has 1 atom stereocenters. The fourth-order valence-electron chi connectivity index (χ4n) is 3.74. The molecule has 0 bridgehead atoms. The molecule has 0 spiro atoms. The molecule has 2 aromatic carbocycles. The van der Waals surface area contributed by atoms with Gasteiger partial charge in [0.2, 0.25) is 0 Å². The number of aromatic hydroxyl groups is 1. The van der Waals surface area contributed by atoms with Crippen LogP contribution in [0.4, 0.5) is 0 Å². The van der Waals surface area contributed by atoms with Crippen molar-refractivity contribution >= 4 is 29.1 Å². The average Bonchev–Trinajstić information content (AvgIpc) is 3.03. The number of ketones is 1. The minimum Gasteiger partial charge on any atom is -0.507 e. The Morgan fingerprint density at radius 3 is 2.50 bits per heavy atom. The summed E-state index contributed by atoms with van der Waals surface area (Å²) in [5.74, 6) is -1.32. The molecule has 1 saturated heterocycles. The van der Waals surface area contributed by atoms with Gasteiger partial charge in [-0.15, -0.1) is 0 Å². The predicted molar refractivity (Wildman–Crippen MR) is 121 cm³/mol. The summed E-state index contributed by atoms with van der Waals surface area (Å²) in [7, 11) is 1.43. The van der Waals surface area contributed by atoms with E-state index in [9.17, 15) is 19.8 Å². The Morgan fingerprint density at radius 1 is 1.12 bits per heavy atom. The second-order valence-corrected chi connectivity index (χ2v) is 7.76. The Bertz CT molecular complexity index is 1060. The molecule has 2 N–H and O–H groups in total. The maximum Gasteiger partial charge on any atom is 0.295 e. The van der Waals surface area contributed by atoms with E-state index in [1.54, 1.807) is 31.2 Å². The quantitative estimate of drug-likeness (QED) is 0.338. The van der Waals surface area contributed by atoms with Crippen LogP contribution in [0.5, 0.6) is 17.2 Å². The number of ether oxygens (including phenoxy) is 2. The number of aliphatic hydroxyl groups excluding tert-OH is 1. The SMILES string of the molecule is CCCCN1C(=O)C(=O)/C(=C(\O)c2ccc(Cl)c(OCC)c2)C1c1ccc(OC)c(O)c1. The van der Waals surface area contributed by atoms with Gasteiger partial charge < -0.3 is 24.6 Å². The molecule has 0 saturated carbocycles. The molecule has 1 fully saturated rings. The third-order valence-electron chi connectivity index (χ3n) is 5.32. The number of benzene rings is 2. The fourth-order valence-corrected chi connectivity index (χ4v) is 3.91. The van der Waals surface area contributed by atoms with Crippen molar-refractivity contribution in [3.63, 3.8) is 0 Å². The normalized spacial score (nSPS) is 17.6. The van der Waals surface area contributed by atoms with Gasteiger partial charge in [-0.05, 0) is 49.2 Å². The second kappa shape index (κ2) is 9.96. The van der Waals surface area contributed by atoms with Crippen molar-refractivity contribution in [2.45, 2.75) is 32.7 Å². The van der Waals surface area contributed by atoms with Crippen molar-refractivity contribution in [2.75, 3.05) is 20.3 Å². The summed E-state index contributed by atoms with van der Waals surface area (Å²) in [6.45, 7) is 4.49. The number of phenols is 1. The Balaban J connectivity index is 2.18. The van der Waals surface area contributed by atoms with Crippen molar-refractivity contribution in [3.8, 4) is 17.2 Å². The van der Waals surface area contributed by atoms with Crippen molar-refractivity contribution in [2.24, 2.45) is 0 Å². The Labute approximate surface area is 191 Å². The number of amides is 1. The summed E-state index contributed by atoms with van der Waals surface area (Å²) in [6.07, 6.45) is 1.50. The second-order valence-electron chi connectivity index (χ2n) is 7.36. The number of nitrogens with zero attached hydrogens (tertiary/aromatic N) is 1. The Morgan fingerprint density at radius 2 is 1.88 bits per heavy atom. The highest BCUT2D eigenvalue weighted by Gasteiger charge is 2.46. The van der Waals surface area contributed by atoms with Crippen LogP contribution in [-0.2, 0) is 9.59 Å². The van der Waals surface area contributed by atoms with Gasteiger partial charge in [0.05, 0.1) is 30.4 Å². The number of hydrogen-bond donors (Lipinski definition) is 2. The van der Waals surface area contributed by atoms with Crippen LogP contribution in [-0.4, -0.2) is 47.1 Å². The number of halogens is 1. The molecule has 1 unspecified atom stereocenters. The lowest BCUT2D eigenvalue weighted by Crippen LogP contribution is -2.30. The molecule has 7 nitrogen and oxygen atoms in total. The van der Waals surface area contributed by atoms with Crippen LogP contribution in [0.3, 0.4) is 0 Å². The van der Waals surface area contributed by atoms with Crippen molar-refractivity contribution < 1.29 is 29.3 Å². The first-order valence-corrected chi connectivity index (χ1v) is 10.8. The molecule has 32 heavy (non-hydrogen) atoms. The third kappa shape index (κ3) is 4.39. The van der Waals surface area contributed by atoms with Gasteiger partial charge in [-0.2, -0.15) is 0 Å². The molecule has 1 amide bonds. The number of methoxy groups -OCH3 is 1. The maximum absolute atomic E-state index is 13.0. The summed E-state index contributed by atoms with van der Waals surface area (Å²) < 4.78 is 10.6. The summed E-state index contributed by atoms with van der Waals surface area (Å²) in [4.78, 5) is 27.3. The lowest BCUT2D eigenvalue weighted by Gasteiger charge is -2.25. The number of carbonyl (C=O) groups excluding carboxylic acids is 2. The van der Waals surface area contributed by atoms with E-state index in [-0.39, 0.29) is 22.8 Å². The first-order chi connectivity index (χ1) is 15.3. The van der Waals surface area contributed by atoms with Gasteiger partial charge >= 0.3 is 0 Å². The lowest BCUT2D eigenvalue weighted by atomic mass is 9.95. The molecule has 8 heteroatoms. The molecular formula is C24H26ClNO6. The van der Waals surface area contributed by atoms with E-state index in [2.05, 4.69) is 0 Å². The summed E-state index contributed by atoms with van der Waals surface area (Å²) in [6, 6.07) is 8.45. The van der Waals surface area contributed by atoms with E-state index in [1.165, 1.54) is 24.1 Å². The van der Waals surface area contributed by atoms with Crippen LogP contribution in [0.15, 0.2) is 42.0 Å². The summed E-state index contributed by atoms with van der Waals surface area (Å²) in [5, 5.41) is 21.8. The molecule has 1 heterocycles. The molecule has 0 aromatic heterocycles. The highest BCUT2D eigenvalue weighted by molar-refractivity contribution is 6.46. The fraction of sp³-hybridized carbons (Fsp3) is 0.333. The molecule has 1 aliphatic rings. The van der Waals surface area contributed by atoms with Crippen LogP contribution < -0.4 is 9.47 Å². The lowest BCUT2D eigenvalue weighted by molar-refractivity contribution is -0.139. The number of aliphatic hydroxyl groups is 1. The molecule has 0 aliphatic carbocycles. The molecule has 1 aliphatic heterocycles. The van der Waals surface area contributed by atoms with Crippen LogP contribution in [0, 0.1) is 0 Å². The number of Topliss-reactive ketones (excluding diaryl/α,β-unsaturated/α-hetero) is 1. The van der Waals surface area contributed by atoms with E-state index in [0.29, 0.717) is 41.5 Å². The van der Waals surface area contributed by atoms with Gasteiger partial charge in [0.25, 0.3) is 11.7 Å². The molecule has 3 rings (SSSR count). The Kier molecular flexibility index (Phi) is 7.30. The van der Waals surface area contributed by atoms with Gasteiger partial charge in [0.15, 0.2) is 11.5 Å². The monoisotopic (exact) mass is 459 g/mol. The zero-order chi connectivity index (χ0) is 23.4. The van der Waals surface area contributed by atoms with Crippen molar-refractivity contribution in [1.82, 2.24) is 4.90 Å². The zero-order valence-electron chi connectivity index (χ0n) is 18.2. The minimum absolute atomic E-state index is 0.0551. The van der Waals surface area contributed by atoms with Gasteiger partial charge in [-0.3, -0.25) is 9.59 Å². The molecule has 2 aromatic rings. The van der Waals surface area contributed by atoms with Crippen LogP contribution >= 0.6 is 11.6 Å². The first-order valence-electron chi connectivity index (χ1n) is 10.4. The molecule has 170 valence electrons. The molecular weight excluding hydrogens is 434 g/mol. The number of likely N-dealkylation sites (tertiary alicyclic amines) is 1. The number of phenolic OH excluding ortho intramolecular Hbond substituents is 1. The van der Waals surface area contributed by atoms with Gasteiger partial charge in [0.1, 0.15) is 11.5 Å². The topological polar surface area (TPSA) is 96.3 Å². The van der Waals surface area contributed by atoms with Crippen LogP contribution in [0.1, 0.15) is 43.9 Å². The van der Waals surface area contributed by atoms with E-state index in [0.717, 1.165) is 6.42 Å². The van der Waals surface area contributed by atoms with Crippen LogP contribution in [0.2, 0.25) is 5.02 Å². The van der Waals surface area contributed by atoms with Gasteiger partial charge in [0, 0.05) is 12.1 Å². The van der Waals surface area contributed by atoms with Crippen molar-refractivity contribution in [1.29, 1.82) is 0 Å². The van der Waals surface area contributed by atoms with E-state index in [4.69, 9.17) is 21.1 Å². The first kappa shape index (κ1) is 23.5. The zero-order valence-corrected chi connectivity index (χ0v) is 19.0.